The second-order valence-corrected chi connectivity index (χ2v) is 5.58. The Morgan fingerprint density at radius 1 is 1.11 bits per heavy atom. The number of aliphatic hydroxyl groups excluding tert-OH is 3. The first kappa shape index (κ1) is 14.3. The first-order valence-electron chi connectivity index (χ1n) is 6.37. The molecule has 4 atom stereocenters. The number of likely N-dealkylation sites (N-methyl/N-ethyl adjacent to an activating group) is 1. The second-order valence-electron chi connectivity index (χ2n) is 5.58. The van der Waals surface area contributed by atoms with E-state index in [1.165, 1.54) is 0 Å². The molecule has 1 heterocycles. The summed E-state index contributed by atoms with van der Waals surface area (Å²) in [5, 5.41) is 29.8. The van der Waals surface area contributed by atoms with Gasteiger partial charge in [0.2, 0.25) is 0 Å². The van der Waals surface area contributed by atoms with Crippen LogP contribution in [0.4, 0.5) is 0 Å². The van der Waals surface area contributed by atoms with Gasteiger partial charge in [-0.3, -0.25) is 0 Å². The van der Waals surface area contributed by atoms with Crippen molar-refractivity contribution in [1.29, 1.82) is 0 Å². The summed E-state index contributed by atoms with van der Waals surface area (Å²) in [5.74, 6) is 0.751. The number of benzene rings is 1. The predicted octanol–water partition coefficient (Wildman–Crippen LogP) is -0.0910. The number of methoxy groups -OCH3 is 1. The van der Waals surface area contributed by atoms with E-state index in [1.54, 1.807) is 7.11 Å². The maximum Gasteiger partial charge on any atom is 0.144 e. The summed E-state index contributed by atoms with van der Waals surface area (Å²) in [7, 11) is 5.43. The molecule has 0 bridgehead atoms. The third-order valence-corrected chi connectivity index (χ3v) is 4.28. The Kier molecular flexibility index (Phi) is 3.82. The van der Waals surface area contributed by atoms with E-state index in [1.807, 2.05) is 38.4 Å². The Labute approximate surface area is 113 Å². The summed E-state index contributed by atoms with van der Waals surface area (Å²) in [6.07, 6.45) is -1.81. The number of aliphatic hydroxyl groups is 3. The molecule has 0 amide bonds. The zero-order valence-electron chi connectivity index (χ0n) is 11.5. The lowest BCUT2D eigenvalue weighted by molar-refractivity contribution is -0.934. The number of nitrogens with zero attached hydrogens (tertiary/aromatic N) is 1. The van der Waals surface area contributed by atoms with Crippen LogP contribution >= 0.6 is 0 Å². The molecule has 0 radical (unpaired) electrons. The monoisotopic (exact) mass is 268 g/mol. The van der Waals surface area contributed by atoms with E-state index in [0.29, 0.717) is 4.48 Å². The molecule has 1 aromatic rings. The zero-order valence-corrected chi connectivity index (χ0v) is 11.5. The molecule has 1 fully saturated rings. The molecule has 5 heteroatoms. The number of quaternary nitrogens is 1. The van der Waals surface area contributed by atoms with Crippen LogP contribution in [0, 0.1) is 0 Å². The third-order valence-electron chi connectivity index (χ3n) is 4.28. The first-order chi connectivity index (χ1) is 8.93. The van der Waals surface area contributed by atoms with Crippen molar-refractivity contribution in [2.24, 2.45) is 0 Å². The lowest BCUT2D eigenvalue weighted by atomic mass is 10.0. The molecule has 1 saturated heterocycles. The molecule has 19 heavy (non-hydrogen) atoms. The SMILES string of the molecule is COc1ccc(C2C(O)C(O)C(CO)[N+]2(C)C)cc1. The van der Waals surface area contributed by atoms with Gasteiger partial charge in [-0.05, 0) is 24.3 Å². The van der Waals surface area contributed by atoms with Crippen LogP contribution in [0.1, 0.15) is 11.6 Å². The van der Waals surface area contributed by atoms with E-state index in [2.05, 4.69) is 0 Å². The molecule has 0 saturated carbocycles. The van der Waals surface area contributed by atoms with Gasteiger partial charge in [-0.25, -0.2) is 0 Å². The van der Waals surface area contributed by atoms with Crippen LogP contribution in [0.15, 0.2) is 24.3 Å². The van der Waals surface area contributed by atoms with E-state index in [9.17, 15) is 15.3 Å². The molecule has 5 nitrogen and oxygen atoms in total. The fourth-order valence-electron chi connectivity index (χ4n) is 3.11. The van der Waals surface area contributed by atoms with Crippen LogP contribution in [-0.4, -0.2) is 65.9 Å². The quantitative estimate of drug-likeness (QED) is 0.670. The topological polar surface area (TPSA) is 69.9 Å². The van der Waals surface area contributed by atoms with Gasteiger partial charge in [0.25, 0.3) is 0 Å². The molecule has 1 aliphatic rings. The fraction of sp³-hybridized carbons (Fsp3) is 0.571. The Balaban J connectivity index is 2.36. The van der Waals surface area contributed by atoms with Crippen molar-refractivity contribution in [2.75, 3.05) is 27.8 Å². The molecular formula is C14H22NO4+. The Morgan fingerprint density at radius 2 is 1.68 bits per heavy atom. The fourth-order valence-corrected chi connectivity index (χ4v) is 3.11. The van der Waals surface area contributed by atoms with Gasteiger partial charge in [0.15, 0.2) is 0 Å². The standard InChI is InChI=1S/C14H22NO4/c1-15(2)11(8-16)13(17)14(18)12(15)9-4-6-10(19-3)7-5-9/h4-7,11-14,16-18H,8H2,1-3H3/q+1. The molecule has 0 spiro atoms. The van der Waals surface area contributed by atoms with Crippen LogP contribution in [0.5, 0.6) is 5.75 Å². The number of rotatable bonds is 3. The number of ether oxygens (including phenoxy) is 1. The van der Waals surface area contributed by atoms with Crippen LogP contribution in [0.25, 0.3) is 0 Å². The Hall–Kier alpha value is -1.14. The first-order valence-corrected chi connectivity index (χ1v) is 6.37. The van der Waals surface area contributed by atoms with Crippen LogP contribution < -0.4 is 4.74 Å². The zero-order chi connectivity index (χ0) is 14.2. The van der Waals surface area contributed by atoms with Crippen molar-refractivity contribution in [1.82, 2.24) is 0 Å². The minimum absolute atomic E-state index is 0.155. The lowest BCUT2D eigenvalue weighted by Crippen LogP contribution is -2.50. The summed E-state index contributed by atoms with van der Waals surface area (Å²) in [6, 6.07) is 6.79. The molecular weight excluding hydrogens is 246 g/mol. The molecule has 3 N–H and O–H groups in total. The highest BCUT2D eigenvalue weighted by molar-refractivity contribution is 5.29. The van der Waals surface area contributed by atoms with Gasteiger partial charge in [0.1, 0.15) is 30.0 Å². The van der Waals surface area contributed by atoms with E-state index in [-0.39, 0.29) is 18.7 Å². The predicted molar refractivity (Wildman–Crippen MR) is 70.7 cm³/mol. The summed E-state index contributed by atoms with van der Waals surface area (Å²) in [6.45, 7) is -0.155. The highest BCUT2D eigenvalue weighted by Crippen LogP contribution is 2.41. The Morgan fingerprint density at radius 3 is 2.11 bits per heavy atom. The maximum absolute atomic E-state index is 10.3. The van der Waals surface area contributed by atoms with E-state index in [0.717, 1.165) is 11.3 Å². The summed E-state index contributed by atoms with van der Waals surface area (Å²) < 4.78 is 5.47. The smallest absolute Gasteiger partial charge is 0.144 e. The van der Waals surface area contributed by atoms with Gasteiger partial charge in [0, 0.05) is 5.56 Å². The number of likely N-dealkylation sites (tertiary alicyclic amines) is 1. The van der Waals surface area contributed by atoms with Crippen molar-refractivity contribution in [2.45, 2.75) is 24.3 Å². The third kappa shape index (κ3) is 2.23. The van der Waals surface area contributed by atoms with Crippen molar-refractivity contribution in [3.63, 3.8) is 0 Å². The number of hydrogen-bond donors (Lipinski definition) is 3. The summed E-state index contributed by atoms with van der Waals surface area (Å²) in [4.78, 5) is 0. The van der Waals surface area contributed by atoms with Crippen LogP contribution in [0.3, 0.4) is 0 Å². The van der Waals surface area contributed by atoms with Crippen molar-refractivity contribution >= 4 is 0 Å². The van der Waals surface area contributed by atoms with Crippen LogP contribution in [0.2, 0.25) is 0 Å². The average Bonchev–Trinajstić information content (AvgIpc) is 2.56. The highest BCUT2D eigenvalue weighted by Gasteiger charge is 2.56. The number of hydrogen-bond acceptors (Lipinski definition) is 4. The van der Waals surface area contributed by atoms with Crippen molar-refractivity contribution in [3.8, 4) is 5.75 Å². The van der Waals surface area contributed by atoms with Gasteiger partial charge in [0.05, 0.1) is 27.8 Å². The molecule has 2 rings (SSSR count). The minimum Gasteiger partial charge on any atom is -0.497 e. The van der Waals surface area contributed by atoms with Crippen LogP contribution in [-0.2, 0) is 0 Å². The lowest BCUT2D eigenvalue weighted by Gasteiger charge is -2.37. The summed E-state index contributed by atoms with van der Waals surface area (Å²) in [5.41, 5.74) is 0.924. The largest absolute Gasteiger partial charge is 0.497 e. The average molecular weight is 268 g/mol. The normalized spacial score (nSPS) is 33.4. The van der Waals surface area contributed by atoms with Gasteiger partial charge in [-0.2, -0.15) is 0 Å². The molecule has 1 aliphatic heterocycles. The van der Waals surface area contributed by atoms with E-state index >= 15 is 0 Å². The van der Waals surface area contributed by atoms with Crippen molar-refractivity contribution < 1.29 is 24.5 Å². The molecule has 106 valence electrons. The Bertz CT molecular complexity index is 432. The van der Waals surface area contributed by atoms with Gasteiger partial charge >= 0.3 is 0 Å². The highest BCUT2D eigenvalue weighted by atomic mass is 16.5. The van der Waals surface area contributed by atoms with E-state index < -0.39 is 12.2 Å². The molecule has 1 aromatic carbocycles. The summed E-state index contributed by atoms with van der Waals surface area (Å²) >= 11 is 0. The molecule has 0 aliphatic carbocycles. The molecule has 4 unspecified atom stereocenters. The second kappa shape index (κ2) is 5.09. The van der Waals surface area contributed by atoms with Crippen molar-refractivity contribution in [3.05, 3.63) is 29.8 Å². The van der Waals surface area contributed by atoms with Gasteiger partial charge < -0.3 is 24.5 Å². The molecule has 0 aromatic heterocycles. The van der Waals surface area contributed by atoms with E-state index in [4.69, 9.17) is 4.74 Å². The van der Waals surface area contributed by atoms with Gasteiger partial charge in [-0.1, -0.05) is 0 Å². The minimum atomic E-state index is -0.924. The maximum atomic E-state index is 10.3. The van der Waals surface area contributed by atoms with Gasteiger partial charge in [-0.15, -0.1) is 0 Å².